The monoisotopic (exact) mass is 322 g/mol. The van der Waals surface area contributed by atoms with Crippen LogP contribution in [0.2, 0.25) is 0 Å². The van der Waals surface area contributed by atoms with E-state index in [1.165, 1.54) is 19.4 Å². The minimum atomic E-state index is -0.260. The maximum Gasteiger partial charge on any atom is 0.227 e. The second kappa shape index (κ2) is 6.36. The second-order valence-corrected chi connectivity index (χ2v) is 9.28. The van der Waals surface area contributed by atoms with Crippen LogP contribution in [0.1, 0.15) is 46.5 Å². The molecule has 4 heteroatoms. The highest BCUT2D eigenvalue weighted by Gasteiger charge is 2.48. The van der Waals surface area contributed by atoms with Gasteiger partial charge in [0.1, 0.15) is 0 Å². The number of hydrogen-bond acceptors (Lipinski definition) is 3. The van der Waals surface area contributed by atoms with Crippen molar-refractivity contribution in [2.45, 2.75) is 46.5 Å². The van der Waals surface area contributed by atoms with Gasteiger partial charge in [-0.15, -0.1) is 0 Å². The summed E-state index contributed by atoms with van der Waals surface area (Å²) in [6.07, 6.45) is 4.99. The molecule has 3 aliphatic rings. The van der Waals surface area contributed by atoms with E-state index in [0.717, 1.165) is 51.6 Å². The first kappa shape index (κ1) is 17.2. The molecule has 4 nitrogen and oxygen atoms in total. The molecular weight excluding hydrogens is 288 g/mol. The van der Waals surface area contributed by atoms with Crippen LogP contribution in [0, 0.1) is 22.7 Å². The molecule has 0 N–H and O–H groups in total. The van der Waals surface area contributed by atoms with Gasteiger partial charge in [0.05, 0.1) is 6.61 Å². The number of carbonyl (C=O) groups excluding carboxylic acids is 1. The Balaban J connectivity index is 1.56. The minimum absolute atomic E-state index is 0.260. The molecule has 132 valence electrons. The third-order valence-corrected chi connectivity index (χ3v) is 6.04. The standard InChI is InChI=1S/C19H34N2O2/c1-18(2,3)17(22)21-9-7-19(8-10-21)14-20(4)11-16(19)13-23-12-15-5-6-15/h15-16H,5-14H2,1-4H3/t16-/m1/s1. The smallest absolute Gasteiger partial charge is 0.227 e. The summed E-state index contributed by atoms with van der Waals surface area (Å²) >= 11 is 0. The maximum atomic E-state index is 12.5. The molecular formula is C19H34N2O2. The third kappa shape index (κ3) is 3.90. The maximum absolute atomic E-state index is 12.5. The molecule has 1 saturated carbocycles. The lowest BCUT2D eigenvalue weighted by atomic mass is 9.71. The van der Waals surface area contributed by atoms with E-state index in [-0.39, 0.29) is 5.41 Å². The Bertz CT molecular complexity index is 431. The fourth-order valence-corrected chi connectivity index (χ4v) is 4.39. The van der Waals surface area contributed by atoms with E-state index >= 15 is 0 Å². The van der Waals surface area contributed by atoms with E-state index in [1.807, 2.05) is 20.8 Å². The molecule has 2 saturated heterocycles. The fraction of sp³-hybridized carbons (Fsp3) is 0.947. The van der Waals surface area contributed by atoms with Crippen molar-refractivity contribution in [1.29, 1.82) is 0 Å². The zero-order valence-electron chi connectivity index (χ0n) is 15.4. The molecule has 0 unspecified atom stereocenters. The molecule has 3 rings (SSSR count). The van der Waals surface area contributed by atoms with E-state index in [2.05, 4.69) is 16.8 Å². The second-order valence-electron chi connectivity index (χ2n) is 9.28. The quantitative estimate of drug-likeness (QED) is 0.798. The number of rotatable bonds is 4. The highest BCUT2D eigenvalue weighted by Crippen LogP contribution is 2.45. The van der Waals surface area contributed by atoms with Gasteiger partial charge in [-0.3, -0.25) is 4.79 Å². The largest absolute Gasteiger partial charge is 0.381 e. The molecule has 0 aromatic rings. The summed E-state index contributed by atoms with van der Waals surface area (Å²) in [7, 11) is 2.23. The van der Waals surface area contributed by atoms with Crippen LogP contribution < -0.4 is 0 Å². The summed E-state index contributed by atoms with van der Waals surface area (Å²) in [5.41, 5.74) is 0.108. The van der Waals surface area contributed by atoms with E-state index in [9.17, 15) is 4.79 Å². The number of nitrogens with zero attached hydrogens (tertiary/aromatic N) is 2. The molecule has 0 radical (unpaired) electrons. The molecule has 23 heavy (non-hydrogen) atoms. The molecule has 0 aromatic carbocycles. The predicted molar refractivity (Wildman–Crippen MR) is 92.2 cm³/mol. The van der Waals surface area contributed by atoms with Crippen molar-refractivity contribution < 1.29 is 9.53 Å². The fourth-order valence-electron chi connectivity index (χ4n) is 4.39. The Hall–Kier alpha value is -0.610. The van der Waals surface area contributed by atoms with E-state index in [0.29, 0.717) is 17.2 Å². The van der Waals surface area contributed by atoms with Crippen LogP contribution in [0.4, 0.5) is 0 Å². The number of piperidine rings is 1. The molecule has 1 atom stereocenters. The van der Waals surface area contributed by atoms with Gasteiger partial charge in [-0.1, -0.05) is 20.8 Å². The summed E-state index contributed by atoms with van der Waals surface area (Å²) in [5.74, 6) is 1.79. The van der Waals surface area contributed by atoms with Crippen molar-refractivity contribution in [2.24, 2.45) is 22.7 Å². The lowest BCUT2D eigenvalue weighted by molar-refractivity contribution is -0.142. The van der Waals surface area contributed by atoms with Gasteiger partial charge in [-0.2, -0.15) is 0 Å². The first-order valence-corrected chi connectivity index (χ1v) is 9.36. The molecule has 0 aromatic heterocycles. The van der Waals surface area contributed by atoms with Crippen LogP contribution in [0.25, 0.3) is 0 Å². The zero-order chi connectivity index (χ0) is 16.7. The summed E-state index contributed by atoms with van der Waals surface area (Å²) < 4.78 is 6.04. The van der Waals surface area contributed by atoms with Crippen molar-refractivity contribution in [1.82, 2.24) is 9.80 Å². The number of carbonyl (C=O) groups is 1. The van der Waals surface area contributed by atoms with Crippen molar-refractivity contribution in [2.75, 3.05) is 46.4 Å². The van der Waals surface area contributed by atoms with Crippen molar-refractivity contribution in [3.63, 3.8) is 0 Å². The molecule has 1 spiro atoms. The molecule has 2 heterocycles. The van der Waals surface area contributed by atoms with Crippen molar-refractivity contribution in [3.8, 4) is 0 Å². The average molecular weight is 322 g/mol. The lowest BCUT2D eigenvalue weighted by Gasteiger charge is -2.44. The minimum Gasteiger partial charge on any atom is -0.381 e. The van der Waals surface area contributed by atoms with Gasteiger partial charge >= 0.3 is 0 Å². The van der Waals surface area contributed by atoms with Crippen LogP contribution >= 0.6 is 0 Å². The van der Waals surface area contributed by atoms with Crippen LogP contribution in [-0.4, -0.2) is 62.1 Å². The topological polar surface area (TPSA) is 32.8 Å². The van der Waals surface area contributed by atoms with Crippen LogP contribution in [0.3, 0.4) is 0 Å². The average Bonchev–Trinajstić information content (AvgIpc) is 3.24. The summed E-state index contributed by atoms with van der Waals surface area (Å²) in [6.45, 7) is 12.1. The van der Waals surface area contributed by atoms with Crippen LogP contribution in [0.5, 0.6) is 0 Å². The molecule has 0 bridgehead atoms. The summed E-state index contributed by atoms with van der Waals surface area (Å²) in [5, 5.41) is 0. The van der Waals surface area contributed by atoms with Gasteiger partial charge in [0.25, 0.3) is 0 Å². The van der Waals surface area contributed by atoms with Crippen molar-refractivity contribution >= 4 is 5.91 Å². The van der Waals surface area contributed by atoms with E-state index < -0.39 is 0 Å². The summed E-state index contributed by atoms with van der Waals surface area (Å²) in [6, 6.07) is 0. The Morgan fingerprint density at radius 2 is 1.83 bits per heavy atom. The van der Waals surface area contributed by atoms with Gasteiger partial charge in [0, 0.05) is 44.1 Å². The van der Waals surface area contributed by atoms with Gasteiger partial charge in [-0.05, 0) is 44.1 Å². The van der Waals surface area contributed by atoms with E-state index in [1.54, 1.807) is 0 Å². The molecule has 2 aliphatic heterocycles. The summed E-state index contributed by atoms with van der Waals surface area (Å²) in [4.78, 5) is 17.1. The molecule has 1 amide bonds. The Kier molecular flexibility index (Phi) is 4.76. The van der Waals surface area contributed by atoms with Crippen molar-refractivity contribution in [3.05, 3.63) is 0 Å². The van der Waals surface area contributed by atoms with Gasteiger partial charge in [0.2, 0.25) is 5.91 Å². The van der Waals surface area contributed by atoms with Gasteiger partial charge < -0.3 is 14.5 Å². The lowest BCUT2D eigenvalue weighted by Crippen LogP contribution is -2.49. The number of likely N-dealkylation sites (tertiary alicyclic amines) is 2. The van der Waals surface area contributed by atoms with Gasteiger partial charge in [-0.25, -0.2) is 0 Å². The van der Waals surface area contributed by atoms with Crippen LogP contribution in [-0.2, 0) is 9.53 Å². The first-order chi connectivity index (χ1) is 10.8. The number of hydrogen-bond donors (Lipinski definition) is 0. The third-order valence-electron chi connectivity index (χ3n) is 6.04. The Morgan fingerprint density at radius 1 is 1.17 bits per heavy atom. The number of amides is 1. The van der Waals surface area contributed by atoms with Crippen LogP contribution in [0.15, 0.2) is 0 Å². The van der Waals surface area contributed by atoms with Gasteiger partial charge in [0.15, 0.2) is 0 Å². The normalized spacial score (nSPS) is 28.5. The van der Waals surface area contributed by atoms with E-state index in [4.69, 9.17) is 4.74 Å². The zero-order valence-corrected chi connectivity index (χ0v) is 15.4. The predicted octanol–water partition coefficient (Wildman–Crippen LogP) is 2.63. The highest BCUT2D eigenvalue weighted by atomic mass is 16.5. The molecule has 1 aliphatic carbocycles. The SMILES string of the molecule is CN1C[C@H](COCC2CC2)C2(CCN(C(=O)C(C)(C)C)CC2)C1. The number of ether oxygens (including phenoxy) is 1. The Morgan fingerprint density at radius 3 is 2.39 bits per heavy atom. The highest BCUT2D eigenvalue weighted by molar-refractivity contribution is 5.81. The molecule has 3 fully saturated rings. The first-order valence-electron chi connectivity index (χ1n) is 9.36. The Labute approximate surface area is 141 Å².